The van der Waals surface area contributed by atoms with Crippen molar-refractivity contribution in [2.45, 2.75) is 6.10 Å². The first-order valence-electron chi connectivity index (χ1n) is 8.76. The number of aliphatic hydroxyl groups excluding tert-OH is 1. The van der Waals surface area contributed by atoms with Gasteiger partial charge in [-0.3, -0.25) is 9.20 Å². The summed E-state index contributed by atoms with van der Waals surface area (Å²) in [6.07, 6.45) is 1.03. The quantitative estimate of drug-likeness (QED) is 0.444. The molecule has 10 heteroatoms. The van der Waals surface area contributed by atoms with Crippen LogP contribution in [0.4, 0.5) is 0 Å². The van der Waals surface area contributed by atoms with Gasteiger partial charge < -0.3 is 24.6 Å². The molecule has 0 radical (unpaired) electrons. The smallest absolute Gasteiger partial charge is 0.261 e. The van der Waals surface area contributed by atoms with Gasteiger partial charge in [-0.25, -0.2) is 4.98 Å². The molecule has 8 nitrogen and oxygen atoms in total. The summed E-state index contributed by atoms with van der Waals surface area (Å²) in [6, 6.07) is 7.07. The topological polar surface area (TPSA) is 94.3 Å². The van der Waals surface area contributed by atoms with Gasteiger partial charge in [-0.2, -0.15) is 0 Å². The van der Waals surface area contributed by atoms with Gasteiger partial charge in [0.15, 0.2) is 16.5 Å². The van der Waals surface area contributed by atoms with Crippen LogP contribution in [0.5, 0.6) is 17.2 Å². The summed E-state index contributed by atoms with van der Waals surface area (Å²) in [5.74, 6) is 1.15. The summed E-state index contributed by atoms with van der Waals surface area (Å²) < 4.78 is 18.1. The summed E-state index contributed by atoms with van der Waals surface area (Å²) in [4.78, 5) is 19.2. The van der Waals surface area contributed by atoms with E-state index in [2.05, 4.69) is 10.3 Å². The van der Waals surface area contributed by atoms with E-state index in [-0.39, 0.29) is 19.1 Å². The fourth-order valence-corrected chi connectivity index (χ4v) is 4.57. The molecule has 0 bridgehead atoms. The highest BCUT2D eigenvalue weighted by Crippen LogP contribution is 2.36. The number of fused-ring (bicyclic) bond motifs is 3. The summed E-state index contributed by atoms with van der Waals surface area (Å²) in [7, 11) is 3.06. The molecule has 4 rings (SSSR count). The second-order valence-corrected chi connectivity index (χ2v) is 8.04. The first kappa shape index (κ1) is 19.5. The summed E-state index contributed by atoms with van der Waals surface area (Å²) in [6.45, 7) is 0.0221. The van der Waals surface area contributed by atoms with Crippen LogP contribution in [-0.4, -0.2) is 53.9 Å². The highest BCUT2D eigenvalue weighted by atomic mass is 32.1. The largest absolute Gasteiger partial charge is 0.493 e. The number of thiazole rings is 1. The van der Waals surface area contributed by atoms with Crippen molar-refractivity contribution in [3.8, 4) is 17.2 Å². The van der Waals surface area contributed by atoms with Crippen molar-refractivity contribution >= 4 is 43.9 Å². The van der Waals surface area contributed by atoms with E-state index in [9.17, 15) is 9.90 Å². The van der Waals surface area contributed by atoms with Crippen LogP contribution in [0.3, 0.4) is 0 Å². The molecule has 0 fully saturated rings. The van der Waals surface area contributed by atoms with E-state index in [1.54, 1.807) is 29.5 Å². The first-order valence-corrected chi connectivity index (χ1v) is 10.5. The van der Waals surface area contributed by atoms with E-state index in [0.29, 0.717) is 22.1 Å². The molecule has 29 heavy (non-hydrogen) atoms. The molecular weight excluding hydrogens is 414 g/mol. The van der Waals surface area contributed by atoms with Gasteiger partial charge in [0.05, 0.1) is 24.6 Å². The van der Waals surface area contributed by atoms with Crippen LogP contribution < -0.4 is 19.5 Å². The zero-order chi connectivity index (χ0) is 20.4. The van der Waals surface area contributed by atoms with Gasteiger partial charge in [-0.05, 0) is 18.2 Å². The van der Waals surface area contributed by atoms with Gasteiger partial charge in [0, 0.05) is 18.1 Å². The van der Waals surface area contributed by atoms with Crippen molar-refractivity contribution in [3.63, 3.8) is 0 Å². The number of amides is 1. The number of carbonyl (C=O) groups excluding carboxylic acids is 1. The molecule has 1 unspecified atom stereocenters. The van der Waals surface area contributed by atoms with Gasteiger partial charge in [-0.15, -0.1) is 22.7 Å². The molecule has 0 aliphatic rings. The predicted molar refractivity (Wildman–Crippen MR) is 112 cm³/mol. The lowest BCUT2D eigenvalue weighted by Crippen LogP contribution is -2.35. The molecule has 2 N–H and O–H groups in total. The Bertz CT molecular complexity index is 1130. The van der Waals surface area contributed by atoms with Gasteiger partial charge in [0.1, 0.15) is 17.5 Å². The summed E-state index contributed by atoms with van der Waals surface area (Å²) in [5, 5.41) is 14.9. The average molecular weight is 434 g/mol. The van der Waals surface area contributed by atoms with Crippen molar-refractivity contribution in [1.29, 1.82) is 0 Å². The minimum absolute atomic E-state index is 0.0264. The molecule has 1 amide bonds. The standard InChI is InChI=1S/C19H19N3O5S2/c1-25-13-4-3-5-14(26-2)16(13)27-10-11(23)9-20-17(24)15-8-12-18(29-15)21-19-22(12)6-7-28-19/h3-8,11,23H,9-10H2,1-2H3,(H,20,24). The Hall–Kier alpha value is -2.82. The second kappa shape index (κ2) is 8.27. The average Bonchev–Trinajstić information content (AvgIpc) is 3.42. The zero-order valence-electron chi connectivity index (χ0n) is 15.7. The molecule has 0 aliphatic heterocycles. The van der Waals surface area contributed by atoms with Gasteiger partial charge in [0.2, 0.25) is 5.75 Å². The molecule has 0 saturated heterocycles. The van der Waals surface area contributed by atoms with Crippen LogP contribution in [0.15, 0.2) is 35.8 Å². The molecule has 3 heterocycles. The molecule has 0 spiro atoms. The number of hydrogen-bond acceptors (Lipinski definition) is 8. The lowest BCUT2D eigenvalue weighted by Gasteiger charge is -2.17. The van der Waals surface area contributed by atoms with Crippen LogP contribution in [0.1, 0.15) is 9.67 Å². The van der Waals surface area contributed by atoms with Gasteiger partial charge in [-0.1, -0.05) is 6.07 Å². The van der Waals surface area contributed by atoms with Crippen molar-refractivity contribution in [3.05, 3.63) is 40.7 Å². The Labute approximate surface area is 174 Å². The Kier molecular flexibility index (Phi) is 5.56. The van der Waals surface area contributed by atoms with E-state index in [0.717, 1.165) is 15.3 Å². The SMILES string of the molecule is COc1cccc(OC)c1OCC(O)CNC(=O)c1cc2c(nc3sccn32)s1. The molecule has 1 atom stereocenters. The monoisotopic (exact) mass is 433 g/mol. The number of nitrogens with one attached hydrogen (secondary N) is 1. The second-order valence-electron chi connectivity index (χ2n) is 6.13. The Morgan fingerprint density at radius 3 is 2.79 bits per heavy atom. The van der Waals surface area contributed by atoms with Crippen LogP contribution in [0, 0.1) is 0 Å². The number of aliphatic hydroxyl groups is 1. The van der Waals surface area contributed by atoms with E-state index in [1.807, 2.05) is 22.0 Å². The van der Waals surface area contributed by atoms with Crippen LogP contribution in [-0.2, 0) is 0 Å². The molecule has 3 aromatic heterocycles. The molecule has 0 aliphatic carbocycles. The molecule has 152 valence electrons. The number of ether oxygens (including phenoxy) is 3. The van der Waals surface area contributed by atoms with E-state index in [1.165, 1.54) is 25.6 Å². The third kappa shape index (κ3) is 3.86. The lowest BCUT2D eigenvalue weighted by atomic mass is 10.3. The number of aromatic nitrogens is 2. The highest BCUT2D eigenvalue weighted by molar-refractivity contribution is 7.21. The van der Waals surface area contributed by atoms with Crippen LogP contribution in [0.25, 0.3) is 15.3 Å². The number of carbonyl (C=O) groups is 1. The van der Waals surface area contributed by atoms with Crippen molar-refractivity contribution < 1.29 is 24.1 Å². The Morgan fingerprint density at radius 2 is 2.07 bits per heavy atom. The number of rotatable bonds is 8. The number of thiophene rings is 1. The fraction of sp³-hybridized carbons (Fsp3) is 0.263. The van der Waals surface area contributed by atoms with Crippen molar-refractivity contribution in [1.82, 2.24) is 14.7 Å². The number of methoxy groups -OCH3 is 2. The van der Waals surface area contributed by atoms with E-state index < -0.39 is 6.10 Å². The summed E-state index contributed by atoms with van der Waals surface area (Å²) >= 11 is 2.87. The normalized spacial score (nSPS) is 12.2. The third-order valence-corrected chi connectivity index (χ3v) is 6.04. The van der Waals surface area contributed by atoms with E-state index in [4.69, 9.17) is 14.2 Å². The first-order chi connectivity index (χ1) is 14.1. The maximum absolute atomic E-state index is 12.4. The summed E-state index contributed by atoms with van der Waals surface area (Å²) in [5.41, 5.74) is 0.906. The maximum atomic E-state index is 12.4. The molecular formula is C19H19N3O5S2. The number of nitrogens with zero attached hydrogens (tertiary/aromatic N) is 2. The van der Waals surface area contributed by atoms with Crippen molar-refractivity contribution in [2.24, 2.45) is 0 Å². The number of hydrogen-bond donors (Lipinski definition) is 2. The molecule has 0 saturated carbocycles. The zero-order valence-corrected chi connectivity index (χ0v) is 17.4. The highest BCUT2D eigenvalue weighted by Gasteiger charge is 2.17. The Balaban J connectivity index is 1.35. The van der Waals surface area contributed by atoms with E-state index >= 15 is 0 Å². The van der Waals surface area contributed by atoms with Crippen LogP contribution in [0.2, 0.25) is 0 Å². The minimum Gasteiger partial charge on any atom is -0.493 e. The Morgan fingerprint density at radius 1 is 1.31 bits per heavy atom. The maximum Gasteiger partial charge on any atom is 0.261 e. The fourth-order valence-electron chi connectivity index (χ4n) is 2.86. The van der Waals surface area contributed by atoms with Gasteiger partial charge >= 0.3 is 0 Å². The minimum atomic E-state index is -0.900. The number of imidazole rings is 1. The predicted octanol–water partition coefficient (Wildman–Crippen LogP) is 2.80. The number of benzene rings is 1. The van der Waals surface area contributed by atoms with Gasteiger partial charge in [0.25, 0.3) is 5.91 Å². The van der Waals surface area contributed by atoms with Crippen molar-refractivity contribution in [2.75, 3.05) is 27.4 Å². The van der Waals surface area contributed by atoms with Crippen LogP contribution >= 0.6 is 22.7 Å². The molecule has 4 aromatic rings. The molecule has 1 aromatic carbocycles. The number of para-hydroxylation sites is 1. The third-order valence-electron chi connectivity index (χ3n) is 4.26. The lowest BCUT2D eigenvalue weighted by molar-refractivity contribution is 0.0837.